The van der Waals surface area contributed by atoms with Crippen LogP contribution in [0.4, 0.5) is 0 Å². The first-order valence-electron chi connectivity index (χ1n) is 17.6. The summed E-state index contributed by atoms with van der Waals surface area (Å²) in [7, 11) is 4.20. The number of H-pyrrole nitrogens is 3. The summed E-state index contributed by atoms with van der Waals surface area (Å²) in [6.45, 7) is 6.97. The summed E-state index contributed by atoms with van der Waals surface area (Å²) in [5.74, 6) is -0.229. The first-order valence-corrected chi connectivity index (χ1v) is 17.6. The lowest BCUT2D eigenvalue weighted by molar-refractivity contribution is 0.0653. The lowest BCUT2D eigenvalue weighted by atomic mass is 9.99. The van der Waals surface area contributed by atoms with Gasteiger partial charge in [0.05, 0.1) is 0 Å². The van der Waals surface area contributed by atoms with Gasteiger partial charge in [-0.1, -0.05) is 24.3 Å². The van der Waals surface area contributed by atoms with E-state index >= 15 is 0 Å². The Morgan fingerprint density at radius 1 is 0.471 bits per heavy atom. The number of amides is 2. The Hall–Kier alpha value is -5.46. The van der Waals surface area contributed by atoms with E-state index in [1.807, 2.05) is 34.3 Å². The molecule has 2 aliphatic heterocycles. The van der Waals surface area contributed by atoms with Crippen molar-refractivity contribution in [2.24, 2.45) is 0 Å². The van der Waals surface area contributed by atoms with Gasteiger partial charge in [0.15, 0.2) is 0 Å². The predicted octanol–water partition coefficient (Wildman–Crippen LogP) is 5.40. The molecule has 7 aromatic rings. The quantitative estimate of drug-likeness (QED) is 0.161. The molecule has 11 nitrogen and oxygen atoms in total. The third-order valence-corrected chi connectivity index (χ3v) is 10.5. The summed E-state index contributed by atoms with van der Waals surface area (Å²) in [5, 5.41) is 8.28. The average Bonchev–Trinajstić information content (AvgIpc) is 3.87. The fraction of sp³-hybridized carbons (Fsp3) is 0.250. The van der Waals surface area contributed by atoms with E-state index in [1.165, 1.54) is 0 Å². The van der Waals surface area contributed by atoms with Crippen LogP contribution < -0.4 is 10.9 Å². The molecule has 5 N–H and O–H groups in total. The molecule has 0 saturated carbocycles. The molecule has 2 fully saturated rings. The molecule has 11 heteroatoms. The molecular weight excluding hydrogens is 639 g/mol. The number of aromatic nitrogens is 3. The molecule has 258 valence electrons. The Balaban J connectivity index is 0.970. The molecule has 0 aliphatic carbocycles. The first kappa shape index (κ1) is 31.5. The smallest absolute Gasteiger partial charge is 0.282 e. The summed E-state index contributed by atoms with van der Waals surface area (Å²) in [4.78, 5) is 40.8. The summed E-state index contributed by atoms with van der Waals surface area (Å²) in [6.07, 6.45) is 0. The van der Waals surface area contributed by atoms with E-state index in [2.05, 4.69) is 110 Å². The van der Waals surface area contributed by atoms with Gasteiger partial charge in [-0.3, -0.25) is 20.4 Å². The van der Waals surface area contributed by atoms with Crippen LogP contribution in [0.1, 0.15) is 21.0 Å². The van der Waals surface area contributed by atoms with E-state index in [1.54, 1.807) is 0 Å². The maximum absolute atomic E-state index is 13.0. The Morgan fingerprint density at radius 3 is 1.25 bits per heavy atom. The number of carbonyl (C=O) groups is 2. The van der Waals surface area contributed by atoms with Crippen LogP contribution in [0.2, 0.25) is 0 Å². The Kier molecular flexibility index (Phi) is 7.85. The van der Waals surface area contributed by atoms with E-state index < -0.39 is 0 Å². The van der Waals surface area contributed by atoms with Crippen molar-refractivity contribution in [2.45, 2.75) is 0 Å². The number of carbonyl (C=O) groups excluding carboxylic acids is 2. The molecular formula is C40H41N9O2. The highest BCUT2D eigenvalue weighted by molar-refractivity contribution is 6.10. The first-order chi connectivity index (χ1) is 24.8. The second kappa shape index (κ2) is 12.7. The number of piperazine rings is 2. The van der Waals surface area contributed by atoms with E-state index in [0.29, 0.717) is 11.4 Å². The van der Waals surface area contributed by atoms with Gasteiger partial charge in [0, 0.05) is 96.0 Å². The second-order valence-corrected chi connectivity index (χ2v) is 14.1. The number of nitrogens with zero attached hydrogens (tertiary/aromatic N) is 4. The molecule has 9 rings (SSSR count). The van der Waals surface area contributed by atoms with Crippen molar-refractivity contribution >= 4 is 55.4 Å². The van der Waals surface area contributed by atoms with Gasteiger partial charge >= 0.3 is 0 Å². The van der Waals surface area contributed by atoms with Crippen LogP contribution in [0.15, 0.2) is 84.9 Å². The fourth-order valence-electron chi connectivity index (χ4n) is 7.37. The van der Waals surface area contributed by atoms with Crippen molar-refractivity contribution in [1.82, 2.24) is 45.6 Å². The minimum absolute atomic E-state index is 0.115. The minimum atomic E-state index is -0.115. The lowest BCUT2D eigenvalue weighted by Gasteiger charge is -2.32. The third kappa shape index (κ3) is 6.14. The highest BCUT2D eigenvalue weighted by Crippen LogP contribution is 2.34. The molecule has 2 aliphatic rings. The van der Waals surface area contributed by atoms with Crippen LogP contribution in [-0.2, 0) is 0 Å². The van der Waals surface area contributed by atoms with Crippen molar-refractivity contribution < 1.29 is 9.59 Å². The number of benzene rings is 4. The number of hydrogen-bond donors (Lipinski definition) is 5. The molecule has 0 radical (unpaired) electrons. The summed E-state index contributed by atoms with van der Waals surface area (Å²) in [6, 6.07) is 29.5. The van der Waals surface area contributed by atoms with E-state index in [9.17, 15) is 9.59 Å². The van der Waals surface area contributed by atoms with Gasteiger partial charge in [-0.2, -0.15) is 0 Å². The average molecular weight is 680 g/mol. The molecule has 0 bridgehead atoms. The number of hydrazine groups is 2. The predicted molar refractivity (Wildman–Crippen MR) is 203 cm³/mol. The highest BCUT2D eigenvalue weighted by Gasteiger charge is 2.20. The normalized spacial score (nSPS) is 16.8. The van der Waals surface area contributed by atoms with Crippen LogP contribution in [-0.4, -0.2) is 113 Å². The Bertz CT molecular complexity index is 2270. The molecule has 2 saturated heterocycles. The summed E-state index contributed by atoms with van der Waals surface area (Å²) in [5.41, 5.74) is 15.6. The summed E-state index contributed by atoms with van der Waals surface area (Å²) < 4.78 is 0. The van der Waals surface area contributed by atoms with Gasteiger partial charge in [-0.15, -0.1) is 0 Å². The van der Waals surface area contributed by atoms with Crippen molar-refractivity contribution in [1.29, 1.82) is 0 Å². The molecule has 0 spiro atoms. The maximum Gasteiger partial charge on any atom is 0.282 e. The van der Waals surface area contributed by atoms with Crippen molar-refractivity contribution in [3.63, 3.8) is 0 Å². The van der Waals surface area contributed by atoms with Crippen LogP contribution >= 0.6 is 0 Å². The zero-order valence-electron chi connectivity index (χ0n) is 28.8. The standard InChI is InChI=1S/C40H41N9O2/c1-46-11-15-48(16-12-46)44-39(50)37-23-29-19-25(3-7-33(29)41-37)27-5-9-35-31(21-27)32-22-28(6-10-36(32)43-35)26-4-8-34-30(20-26)24-38(42-34)40(51)45-49-17-13-47(2)14-18-49/h3-10,19-24,41-43H,11-18H2,1-2H3,(H,44,50)(H,45,51). The van der Waals surface area contributed by atoms with E-state index in [-0.39, 0.29) is 11.8 Å². The fourth-order valence-corrected chi connectivity index (χ4v) is 7.37. The molecule has 0 unspecified atom stereocenters. The molecule has 4 aromatic carbocycles. The SMILES string of the molecule is CN1CCN(NC(=O)c2cc3cc(-c4ccc5[nH]c6ccc(-c7ccc8[nH]c(C(=O)NN9CCN(C)CC9)cc8c7)cc6c5c4)ccc3[nH]2)CC1. The van der Waals surface area contributed by atoms with Gasteiger partial charge in [0.25, 0.3) is 11.8 Å². The molecule has 3 aromatic heterocycles. The van der Waals surface area contributed by atoms with Gasteiger partial charge in [0.1, 0.15) is 11.4 Å². The molecule has 5 heterocycles. The Morgan fingerprint density at radius 2 is 0.843 bits per heavy atom. The zero-order chi connectivity index (χ0) is 34.6. The molecule has 0 atom stereocenters. The molecule has 51 heavy (non-hydrogen) atoms. The largest absolute Gasteiger partial charge is 0.355 e. The zero-order valence-corrected chi connectivity index (χ0v) is 28.8. The van der Waals surface area contributed by atoms with E-state index in [4.69, 9.17) is 0 Å². The number of aromatic amines is 3. The monoisotopic (exact) mass is 679 g/mol. The van der Waals surface area contributed by atoms with E-state index in [0.717, 1.165) is 118 Å². The van der Waals surface area contributed by atoms with Crippen molar-refractivity contribution in [3.05, 3.63) is 96.3 Å². The molecule has 2 amide bonds. The second-order valence-electron chi connectivity index (χ2n) is 14.1. The summed E-state index contributed by atoms with van der Waals surface area (Å²) >= 11 is 0. The number of hydrogen-bond acceptors (Lipinski definition) is 6. The van der Waals surface area contributed by atoms with Crippen LogP contribution in [0, 0.1) is 0 Å². The van der Waals surface area contributed by atoms with Gasteiger partial charge in [-0.25, -0.2) is 10.0 Å². The third-order valence-electron chi connectivity index (χ3n) is 10.5. The van der Waals surface area contributed by atoms with Gasteiger partial charge in [-0.05, 0) is 97.0 Å². The minimum Gasteiger partial charge on any atom is -0.355 e. The van der Waals surface area contributed by atoms with Crippen LogP contribution in [0.25, 0.3) is 65.9 Å². The lowest BCUT2D eigenvalue weighted by Crippen LogP contribution is -2.52. The maximum atomic E-state index is 13.0. The number of fused-ring (bicyclic) bond motifs is 5. The van der Waals surface area contributed by atoms with Gasteiger partial charge < -0.3 is 24.8 Å². The van der Waals surface area contributed by atoms with Crippen molar-refractivity contribution in [3.8, 4) is 22.3 Å². The number of rotatable bonds is 6. The van der Waals surface area contributed by atoms with Crippen molar-refractivity contribution in [2.75, 3.05) is 66.5 Å². The number of nitrogens with one attached hydrogen (secondary N) is 5. The highest BCUT2D eigenvalue weighted by atomic mass is 16.2. The van der Waals surface area contributed by atoms with Gasteiger partial charge in [0.2, 0.25) is 0 Å². The van der Waals surface area contributed by atoms with Crippen LogP contribution in [0.5, 0.6) is 0 Å². The number of likely N-dealkylation sites (N-methyl/N-ethyl adjacent to an activating group) is 2. The topological polar surface area (TPSA) is 119 Å². The Labute approximate surface area is 295 Å². The van der Waals surface area contributed by atoms with Crippen LogP contribution in [0.3, 0.4) is 0 Å².